The molecule has 0 unspecified atom stereocenters. The van der Waals surface area contributed by atoms with Gasteiger partial charge in [-0.2, -0.15) is 0 Å². The average Bonchev–Trinajstić information content (AvgIpc) is 3.82. The van der Waals surface area contributed by atoms with Gasteiger partial charge in [0.05, 0.1) is 16.8 Å². The Hall–Kier alpha value is -8.00. The van der Waals surface area contributed by atoms with Crippen LogP contribution in [0.2, 0.25) is 0 Å². The van der Waals surface area contributed by atoms with Crippen LogP contribution in [0.3, 0.4) is 0 Å². The van der Waals surface area contributed by atoms with E-state index >= 15 is 0 Å². The number of hydrogen-bond donors (Lipinski definition) is 0. The summed E-state index contributed by atoms with van der Waals surface area (Å²) in [7, 11) is 0. The molecule has 62 heavy (non-hydrogen) atoms. The Morgan fingerprint density at radius 1 is 0.258 bits per heavy atom. The monoisotopic (exact) mass is 785 g/mol. The SMILES string of the molecule is c1ccc(-c2cccc(-c3ccccc3N(c3ccc4c5ccccc5c5ccccc5c4c3)c3cccc4c3C3(c5ccccc5-c5ccccc53)c3ccccc3-4)c2)cc1. The van der Waals surface area contributed by atoms with Crippen molar-refractivity contribution in [3.05, 3.63) is 259 Å². The van der Waals surface area contributed by atoms with Crippen LogP contribution in [0.15, 0.2) is 237 Å². The summed E-state index contributed by atoms with van der Waals surface area (Å²) in [6.07, 6.45) is 0. The Kier molecular flexibility index (Phi) is 7.59. The molecule has 288 valence electrons. The van der Waals surface area contributed by atoms with Gasteiger partial charge in [0, 0.05) is 16.8 Å². The van der Waals surface area contributed by atoms with Gasteiger partial charge in [-0.25, -0.2) is 0 Å². The van der Waals surface area contributed by atoms with Gasteiger partial charge in [-0.15, -0.1) is 0 Å². The third-order valence-electron chi connectivity index (χ3n) is 13.6. The predicted molar refractivity (Wildman–Crippen MR) is 261 cm³/mol. The first-order valence-corrected chi connectivity index (χ1v) is 21.6. The summed E-state index contributed by atoms with van der Waals surface area (Å²) < 4.78 is 0. The van der Waals surface area contributed by atoms with E-state index in [4.69, 9.17) is 0 Å². The molecule has 0 heterocycles. The zero-order chi connectivity index (χ0) is 40.8. The highest BCUT2D eigenvalue weighted by Crippen LogP contribution is 2.65. The van der Waals surface area contributed by atoms with Crippen LogP contribution >= 0.6 is 0 Å². The number of rotatable bonds is 5. The minimum absolute atomic E-state index is 0.532. The number of hydrogen-bond acceptors (Lipinski definition) is 1. The fourth-order valence-electron chi connectivity index (χ4n) is 11.2. The lowest BCUT2D eigenvalue weighted by molar-refractivity contribution is 0.793. The summed E-state index contributed by atoms with van der Waals surface area (Å²) in [6.45, 7) is 0. The van der Waals surface area contributed by atoms with Gasteiger partial charge in [0.25, 0.3) is 0 Å². The quantitative estimate of drug-likeness (QED) is 0.157. The topological polar surface area (TPSA) is 3.24 Å². The highest BCUT2D eigenvalue weighted by Gasteiger charge is 2.53. The molecule has 0 amide bonds. The van der Waals surface area contributed by atoms with Crippen molar-refractivity contribution in [2.24, 2.45) is 0 Å². The van der Waals surface area contributed by atoms with Crippen molar-refractivity contribution < 1.29 is 0 Å². The normalized spacial score (nSPS) is 13.0. The van der Waals surface area contributed by atoms with E-state index in [-0.39, 0.29) is 0 Å². The molecule has 0 saturated heterocycles. The summed E-state index contributed by atoms with van der Waals surface area (Å²) in [5.41, 5.74) is 18.1. The zero-order valence-corrected chi connectivity index (χ0v) is 34.0. The second kappa shape index (κ2) is 13.5. The van der Waals surface area contributed by atoms with Gasteiger partial charge < -0.3 is 4.90 Å². The average molecular weight is 786 g/mol. The van der Waals surface area contributed by atoms with E-state index in [0.29, 0.717) is 0 Å². The number of anilines is 3. The maximum absolute atomic E-state index is 2.57. The standard InChI is InChI=1S/C61H39N/c1-2-18-40(19-3-1)41-20-16-21-42(38-41)44-22-11-15-34-58(44)62(43-36-37-49-47-25-5-4-23-45(47)46-24-6-7-26-48(46)54(49)39-43)59-35-17-30-53-52-29-10-14-33-57(52)61(60(53)59)55-31-12-8-27-50(55)51-28-9-13-32-56(51)61/h1-39H. The summed E-state index contributed by atoms with van der Waals surface area (Å²) in [6, 6.07) is 88.0. The van der Waals surface area contributed by atoms with E-state index in [0.717, 1.165) is 11.4 Å². The second-order valence-electron chi connectivity index (χ2n) is 16.7. The molecule has 0 aromatic heterocycles. The van der Waals surface area contributed by atoms with Gasteiger partial charge >= 0.3 is 0 Å². The third kappa shape index (κ3) is 4.85. The van der Waals surface area contributed by atoms with Crippen molar-refractivity contribution in [2.45, 2.75) is 5.41 Å². The molecule has 1 spiro atoms. The summed E-state index contributed by atoms with van der Waals surface area (Å²) >= 11 is 0. The lowest BCUT2D eigenvalue weighted by atomic mass is 9.70. The first-order valence-electron chi connectivity index (χ1n) is 21.6. The lowest BCUT2D eigenvalue weighted by Gasteiger charge is -2.36. The largest absolute Gasteiger partial charge is 0.309 e. The Morgan fingerprint density at radius 2 is 0.694 bits per heavy atom. The van der Waals surface area contributed by atoms with Crippen LogP contribution in [0.1, 0.15) is 22.3 Å². The van der Waals surface area contributed by atoms with Gasteiger partial charge in [-0.1, -0.05) is 206 Å². The van der Waals surface area contributed by atoms with E-state index < -0.39 is 5.41 Å². The highest BCUT2D eigenvalue weighted by molar-refractivity contribution is 6.26. The number of benzene rings is 11. The zero-order valence-electron chi connectivity index (χ0n) is 34.0. The van der Waals surface area contributed by atoms with Gasteiger partial charge in [0.2, 0.25) is 0 Å². The minimum Gasteiger partial charge on any atom is -0.309 e. The van der Waals surface area contributed by atoms with Crippen molar-refractivity contribution in [3.8, 4) is 44.5 Å². The van der Waals surface area contributed by atoms with Crippen molar-refractivity contribution in [1.82, 2.24) is 0 Å². The summed E-state index contributed by atoms with van der Waals surface area (Å²) in [5.74, 6) is 0. The number of nitrogens with zero attached hydrogens (tertiary/aromatic N) is 1. The summed E-state index contributed by atoms with van der Waals surface area (Å²) in [4.78, 5) is 2.57. The first kappa shape index (κ1) is 34.8. The Labute approximate surface area is 361 Å². The molecule has 0 atom stereocenters. The van der Waals surface area contributed by atoms with Crippen molar-refractivity contribution >= 4 is 49.4 Å². The Bertz CT molecular complexity index is 3500. The number of para-hydroxylation sites is 1. The van der Waals surface area contributed by atoms with Crippen LogP contribution in [0.4, 0.5) is 17.1 Å². The van der Waals surface area contributed by atoms with Crippen molar-refractivity contribution in [1.29, 1.82) is 0 Å². The Balaban J connectivity index is 1.15. The van der Waals surface area contributed by atoms with Crippen LogP contribution in [-0.2, 0) is 5.41 Å². The molecule has 13 rings (SSSR count). The molecule has 2 aliphatic carbocycles. The van der Waals surface area contributed by atoms with Gasteiger partial charge in [-0.3, -0.25) is 0 Å². The summed E-state index contributed by atoms with van der Waals surface area (Å²) in [5, 5.41) is 7.58. The molecule has 0 N–H and O–H groups in total. The second-order valence-corrected chi connectivity index (χ2v) is 16.7. The van der Waals surface area contributed by atoms with Gasteiger partial charge in [0.1, 0.15) is 0 Å². The third-order valence-corrected chi connectivity index (χ3v) is 13.6. The van der Waals surface area contributed by atoms with Crippen LogP contribution in [0.25, 0.3) is 76.8 Å². The fraction of sp³-hybridized carbons (Fsp3) is 0.0164. The molecular weight excluding hydrogens is 747 g/mol. The van der Waals surface area contributed by atoms with Gasteiger partial charge in [0.15, 0.2) is 0 Å². The van der Waals surface area contributed by atoms with Crippen molar-refractivity contribution in [3.63, 3.8) is 0 Å². The molecule has 1 heteroatoms. The van der Waals surface area contributed by atoms with E-state index in [1.807, 2.05) is 0 Å². The smallest absolute Gasteiger partial charge is 0.0746 e. The maximum atomic E-state index is 2.57. The van der Waals surface area contributed by atoms with E-state index in [9.17, 15) is 0 Å². The first-order chi connectivity index (χ1) is 30.8. The van der Waals surface area contributed by atoms with Gasteiger partial charge in [-0.05, 0) is 118 Å². The number of fused-ring (bicyclic) bond motifs is 16. The molecule has 0 fully saturated rings. The highest BCUT2D eigenvalue weighted by atomic mass is 15.1. The molecule has 2 aliphatic rings. The van der Waals surface area contributed by atoms with E-state index in [1.54, 1.807) is 0 Å². The Morgan fingerprint density at radius 3 is 1.34 bits per heavy atom. The molecule has 0 aliphatic heterocycles. The van der Waals surface area contributed by atoms with Crippen molar-refractivity contribution in [2.75, 3.05) is 4.90 Å². The van der Waals surface area contributed by atoms with E-state index in [2.05, 4.69) is 241 Å². The molecule has 11 aromatic carbocycles. The lowest BCUT2D eigenvalue weighted by Crippen LogP contribution is -2.28. The molecule has 0 saturated carbocycles. The fourth-order valence-corrected chi connectivity index (χ4v) is 11.2. The minimum atomic E-state index is -0.532. The molecule has 1 nitrogen and oxygen atoms in total. The maximum Gasteiger partial charge on any atom is 0.0746 e. The molecule has 11 aromatic rings. The van der Waals surface area contributed by atoms with Crippen LogP contribution < -0.4 is 4.90 Å². The van der Waals surface area contributed by atoms with Crippen LogP contribution in [0, 0.1) is 0 Å². The van der Waals surface area contributed by atoms with E-state index in [1.165, 1.54) is 105 Å². The predicted octanol–water partition coefficient (Wildman–Crippen LogP) is 16.3. The van der Waals surface area contributed by atoms with Crippen LogP contribution in [0.5, 0.6) is 0 Å². The molecular formula is C61H39N. The molecule has 0 bridgehead atoms. The van der Waals surface area contributed by atoms with Crippen LogP contribution in [-0.4, -0.2) is 0 Å². The molecule has 0 radical (unpaired) electrons.